The topological polar surface area (TPSA) is 75.7 Å². The van der Waals surface area contributed by atoms with Gasteiger partial charge in [-0.2, -0.15) is 0 Å². The second-order valence-corrected chi connectivity index (χ2v) is 6.10. The highest BCUT2D eigenvalue weighted by atomic mass is 32.2. The SMILES string of the molecule is CCOc1ccc(N(CCNS(C)(=O)=O)C(C)=O)cc1. The number of hydrogen-bond donors (Lipinski definition) is 1. The molecular formula is C13H20N2O4S. The van der Waals surface area contributed by atoms with Crippen molar-refractivity contribution in [2.45, 2.75) is 13.8 Å². The fourth-order valence-electron chi connectivity index (χ4n) is 1.70. The lowest BCUT2D eigenvalue weighted by atomic mass is 10.2. The first-order valence-corrected chi connectivity index (χ1v) is 8.18. The Morgan fingerprint density at radius 2 is 1.90 bits per heavy atom. The Bertz CT molecular complexity index is 540. The van der Waals surface area contributed by atoms with E-state index in [1.807, 2.05) is 6.92 Å². The number of nitrogens with one attached hydrogen (secondary N) is 1. The predicted molar refractivity (Wildman–Crippen MR) is 78.5 cm³/mol. The van der Waals surface area contributed by atoms with E-state index in [1.165, 1.54) is 11.8 Å². The van der Waals surface area contributed by atoms with E-state index in [4.69, 9.17) is 4.74 Å². The number of nitrogens with zero attached hydrogens (tertiary/aromatic N) is 1. The van der Waals surface area contributed by atoms with Gasteiger partial charge in [-0.15, -0.1) is 0 Å². The van der Waals surface area contributed by atoms with Crippen molar-refractivity contribution in [3.8, 4) is 5.75 Å². The first-order chi connectivity index (χ1) is 9.33. The zero-order chi connectivity index (χ0) is 15.2. The van der Waals surface area contributed by atoms with Crippen LogP contribution in [0.4, 0.5) is 5.69 Å². The molecule has 1 aromatic rings. The lowest BCUT2D eigenvalue weighted by Crippen LogP contribution is -2.37. The summed E-state index contributed by atoms with van der Waals surface area (Å²) in [5.41, 5.74) is 0.705. The highest BCUT2D eigenvalue weighted by molar-refractivity contribution is 7.88. The molecule has 0 spiro atoms. The molecule has 1 aromatic carbocycles. The van der Waals surface area contributed by atoms with E-state index in [1.54, 1.807) is 24.3 Å². The van der Waals surface area contributed by atoms with E-state index in [0.717, 1.165) is 12.0 Å². The zero-order valence-corrected chi connectivity index (χ0v) is 12.7. The van der Waals surface area contributed by atoms with Gasteiger partial charge in [0.2, 0.25) is 15.9 Å². The third kappa shape index (κ3) is 5.58. The maximum absolute atomic E-state index is 11.6. The maximum Gasteiger partial charge on any atom is 0.223 e. The number of sulfonamides is 1. The van der Waals surface area contributed by atoms with E-state index in [2.05, 4.69) is 4.72 Å². The average Bonchev–Trinajstić information content (AvgIpc) is 2.35. The van der Waals surface area contributed by atoms with Crippen LogP contribution in [0, 0.1) is 0 Å². The normalized spacial score (nSPS) is 11.2. The van der Waals surface area contributed by atoms with Crippen LogP contribution in [0.5, 0.6) is 5.75 Å². The second kappa shape index (κ2) is 7.25. The van der Waals surface area contributed by atoms with Crippen molar-refractivity contribution >= 4 is 21.6 Å². The molecule has 1 N–H and O–H groups in total. The van der Waals surface area contributed by atoms with Crippen LogP contribution in [-0.4, -0.2) is 40.3 Å². The zero-order valence-electron chi connectivity index (χ0n) is 11.9. The molecule has 1 amide bonds. The monoisotopic (exact) mass is 300 g/mol. The molecule has 0 bridgehead atoms. The summed E-state index contributed by atoms with van der Waals surface area (Å²) in [5, 5.41) is 0. The van der Waals surface area contributed by atoms with Gasteiger partial charge in [-0.3, -0.25) is 4.79 Å². The molecule has 1 rings (SSSR count). The minimum Gasteiger partial charge on any atom is -0.494 e. The van der Waals surface area contributed by atoms with Gasteiger partial charge in [0.25, 0.3) is 0 Å². The molecule has 0 heterocycles. The fraction of sp³-hybridized carbons (Fsp3) is 0.462. The third-order valence-corrected chi connectivity index (χ3v) is 3.27. The van der Waals surface area contributed by atoms with E-state index >= 15 is 0 Å². The molecule has 0 unspecified atom stereocenters. The highest BCUT2D eigenvalue weighted by Crippen LogP contribution is 2.19. The number of benzene rings is 1. The van der Waals surface area contributed by atoms with Gasteiger partial charge in [0.1, 0.15) is 5.75 Å². The number of amides is 1. The Labute approximate surface area is 119 Å². The van der Waals surface area contributed by atoms with Crippen molar-refractivity contribution in [1.82, 2.24) is 4.72 Å². The van der Waals surface area contributed by atoms with Gasteiger partial charge in [-0.05, 0) is 31.2 Å². The van der Waals surface area contributed by atoms with Gasteiger partial charge in [0, 0.05) is 25.7 Å². The summed E-state index contributed by atoms with van der Waals surface area (Å²) in [4.78, 5) is 13.1. The highest BCUT2D eigenvalue weighted by Gasteiger charge is 2.12. The van der Waals surface area contributed by atoms with Crippen molar-refractivity contribution < 1.29 is 17.9 Å². The minimum absolute atomic E-state index is 0.149. The number of carbonyl (C=O) groups is 1. The summed E-state index contributed by atoms with van der Waals surface area (Å²) in [6.07, 6.45) is 1.09. The summed E-state index contributed by atoms with van der Waals surface area (Å²) in [5.74, 6) is 0.582. The molecule has 0 aromatic heterocycles. The van der Waals surface area contributed by atoms with Crippen LogP contribution in [0.25, 0.3) is 0 Å². The molecule has 112 valence electrons. The molecule has 0 radical (unpaired) electrons. The minimum atomic E-state index is -3.25. The Kier molecular flexibility index (Phi) is 5.97. The van der Waals surface area contributed by atoms with Gasteiger partial charge in [-0.25, -0.2) is 13.1 Å². The lowest BCUT2D eigenvalue weighted by molar-refractivity contribution is -0.116. The van der Waals surface area contributed by atoms with E-state index in [-0.39, 0.29) is 19.0 Å². The van der Waals surface area contributed by atoms with Crippen LogP contribution in [0.1, 0.15) is 13.8 Å². The molecule has 7 heteroatoms. The van der Waals surface area contributed by atoms with Crippen molar-refractivity contribution in [3.05, 3.63) is 24.3 Å². The summed E-state index contributed by atoms with van der Waals surface area (Å²) >= 11 is 0. The summed E-state index contributed by atoms with van der Waals surface area (Å²) in [6.45, 7) is 4.36. The number of hydrogen-bond acceptors (Lipinski definition) is 4. The largest absolute Gasteiger partial charge is 0.494 e. The van der Waals surface area contributed by atoms with Crippen LogP contribution in [0.2, 0.25) is 0 Å². The van der Waals surface area contributed by atoms with Crippen LogP contribution < -0.4 is 14.4 Å². The molecule has 0 saturated heterocycles. The van der Waals surface area contributed by atoms with Crippen molar-refractivity contribution in [2.75, 3.05) is 30.9 Å². The average molecular weight is 300 g/mol. The summed E-state index contributed by atoms with van der Waals surface area (Å²) in [6, 6.07) is 7.09. The van der Waals surface area contributed by atoms with Gasteiger partial charge >= 0.3 is 0 Å². The van der Waals surface area contributed by atoms with Gasteiger partial charge in [-0.1, -0.05) is 0 Å². The van der Waals surface area contributed by atoms with Gasteiger partial charge < -0.3 is 9.64 Å². The number of anilines is 1. The molecule has 20 heavy (non-hydrogen) atoms. The first-order valence-electron chi connectivity index (χ1n) is 6.29. The van der Waals surface area contributed by atoms with Crippen LogP contribution in [0.3, 0.4) is 0 Å². The molecule has 0 aliphatic heterocycles. The maximum atomic E-state index is 11.6. The molecule has 0 fully saturated rings. The van der Waals surface area contributed by atoms with Crippen LogP contribution in [-0.2, 0) is 14.8 Å². The molecule has 0 atom stereocenters. The summed E-state index contributed by atoms with van der Waals surface area (Å²) < 4.78 is 29.7. The van der Waals surface area contributed by atoms with E-state index in [9.17, 15) is 13.2 Å². The van der Waals surface area contributed by atoms with E-state index < -0.39 is 10.0 Å². The van der Waals surface area contributed by atoms with E-state index in [0.29, 0.717) is 12.3 Å². The Balaban J connectivity index is 2.73. The Morgan fingerprint density at radius 1 is 1.30 bits per heavy atom. The molecular weight excluding hydrogens is 280 g/mol. The fourth-order valence-corrected chi connectivity index (χ4v) is 2.16. The molecule has 6 nitrogen and oxygen atoms in total. The smallest absolute Gasteiger partial charge is 0.223 e. The van der Waals surface area contributed by atoms with Gasteiger partial charge in [0.15, 0.2) is 0 Å². The first kappa shape index (κ1) is 16.5. The van der Waals surface area contributed by atoms with Crippen molar-refractivity contribution in [2.24, 2.45) is 0 Å². The number of ether oxygens (including phenoxy) is 1. The van der Waals surface area contributed by atoms with Crippen LogP contribution >= 0.6 is 0 Å². The van der Waals surface area contributed by atoms with Crippen molar-refractivity contribution in [1.29, 1.82) is 0 Å². The predicted octanol–water partition coefficient (Wildman–Crippen LogP) is 0.987. The standard InChI is InChI=1S/C13H20N2O4S/c1-4-19-13-7-5-12(6-8-13)15(11(2)16)10-9-14-20(3,17)18/h5-8,14H,4,9-10H2,1-3H3. The lowest BCUT2D eigenvalue weighted by Gasteiger charge is -2.21. The molecule has 0 saturated carbocycles. The van der Waals surface area contributed by atoms with Crippen molar-refractivity contribution in [3.63, 3.8) is 0 Å². The molecule has 0 aliphatic carbocycles. The summed E-state index contributed by atoms with van der Waals surface area (Å²) in [7, 11) is -3.25. The number of carbonyl (C=O) groups excluding carboxylic acids is 1. The Morgan fingerprint density at radius 3 is 2.35 bits per heavy atom. The van der Waals surface area contributed by atoms with Gasteiger partial charge in [0.05, 0.1) is 12.9 Å². The molecule has 0 aliphatic rings. The third-order valence-electron chi connectivity index (χ3n) is 2.54. The number of rotatable bonds is 7. The quantitative estimate of drug-likeness (QED) is 0.814. The van der Waals surface area contributed by atoms with Crippen LogP contribution in [0.15, 0.2) is 24.3 Å². The second-order valence-electron chi connectivity index (χ2n) is 4.26. The Hall–Kier alpha value is -1.60.